The first-order chi connectivity index (χ1) is 9.43. The van der Waals surface area contributed by atoms with Gasteiger partial charge in [-0.15, -0.1) is 0 Å². The predicted octanol–water partition coefficient (Wildman–Crippen LogP) is 3.30. The monoisotopic (exact) mass is 353 g/mol. The Morgan fingerprint density at radius 2 is 2.00 bits per heavy atom. The molecule has 2 aliphatic rings. The van der Waals surface area contributed by atoms with E-state index in [9.17, 15) is 13.5 Å². The van der Waals surface area contributed by atoms with E-state index in [2.05, 4.69) is 15.9 Å². The van der Waals surface area contributed by atoms with Crippen LogP contribution in [-0.4, -0.2) is 20.6 Å². The molecule has 20 heavy (non-hydrogen) atoms. The average molecular weight is 354 g/mol. The molecule has 4 nitrogen and oxygen atoms in total. The summed E-state index contributed by atoms with van der Waals surface area (Å²) in [4.78, 5) is 0.142. The van der Waals surface area contributed by atoms with Crippen molar-refractivity contribution in [2.24, 2.45) is 0 Å². The molecule has 1 aromatic rings. The number of hydrogen-bond donors (Lipinski definition) is 1. The fourth-order valence-corrected chi connectivity index (χ4v) is 4.43. The Morgan fingerprint density at radius 3 is 2.75 bits per heavy atom. The number of hydrogen-bond acceptors (Lipinski definition) is 3. The van der Waals surface area contributed by atoms with Crippen LogP contribution in [0.3, 0.4) is 0 Å². The lowest BCUT2D eigenvalue weighted by Crippen LogP contribution is -2.28. The number of sulfonamides is 1. The highest BCUT2D eigenvalue weighted by molar-refractivity contribution is 9.11. The van der Waals surface area contributed by atoms with E-state index in [1.54, 1.807) is 24.3 Å². The largest absolute Gasteiger partial charge is 0.507 e. The SMILES string of the molecule is CN1c2ccccc2C(O)=C2CC=C(Br)C=C2S1(=O)=O. The normalized spacial score (nSPS) is 20.6. The fraction of sp³-hybridized carbons (Fsp3) is 0.143. The summed E-state index contributed by atoms with van der Waals surface area (Å²) in [6, 6.07) is 6.93. The lowest BCUT2D eigenvalue weighted by Gasteiger charge is -2.21. The van der Waals surface area contributed by atoms with Crippen LogP contribution in [0.15, 0.2) is 51.4 Å². The zero-order chi connectivity index (χ0) is 14.5. The maximum Gasteiger partial charge on any atom is 0.264 e. The topological polar surface area (TPSA) is 57.6 Å². The van der Waals surface area contributed by atoms with E-state index < -0.39 is 10.0 Å². The van der Waals surface area contributed by atoms with E-state index >= 15 is 0 Å². The highest BCUT2D eigenvalue weighted by atomic mass is 79.9. The van der Waals surface area contributed by atoms with Crippen LogP contribution in [-0.2, 0) is 10.0 Å². The van der Waals surface area contributed by atoms with Gasteiger partial charge in [-0.25, -0.2) is 8.42 Å². The molecule has 0 aromatic heterocycles. The van der Waals surface area contributed by atoms with Crippen LogP contribution < -0.4 is 4.31 Å². The molecule has 1 N–H and O–H groups in total. The van der Waals surface area contributed by atoms with Gasteiger partial charge < -0.3 is 5.11 Å². The van der Waals surface area contributed by atoms with Crippen LogP contribution in [0.2, 0.25) is 0 Å². The summed E-state index contributed by atoms with van der Waals surface area (Å²) >= 11 is 3.30. The lowest BCUT2D eigenvalue weighted by molar-refractivity contribution is 0.507. The number of fused-ring (bicyclic) bond motifs is 2. The standard InChI is InChI=1S/C14H12BrNO3S/c1-16-12-5-3-2-4-10(12)14(17)11-7-6-9(15)8-13(11)20(16,18)19/h2-6,8,17H,7H2,1H3. The number of para-hydroxylation sites is 1. The minimum absolute atomic E-state index is 0.0241. The Kier molecular flexibility index (Phi) is 3.02. The third kappa shape index (κ3) is 1.83. The summed E-state index contributed by atoms with van der Waals surface area (Å²) in [5.41, 5.74) is 1.44. The highest BCUT2D eigenvalue weighted by Gasteiger charge is 2.35. The summed E-state index contributed by atoms with van der Waals surface area (Å²) in [6.07, 6.45) is 3.74. The maximum absolute atomic E-state index is 12.7. The van der Waals surface area contributed by atoms with Crippen molar-refractivity contribution in [3.8, 4) is 0 Å². The molecular weight excluding hydrogens is 342 g/mol. The number of allylic oxidation sites excluding steroid dienone is 4. The molecule has 3 rings (SSSR count). The van der Waals surface area contributed by atoms with Crippen molar-refractivity contribution in [1.29, 1.82) is 0 Å². The molecule has 1 aromatic carbocycles. The minimum Gasteiger partial charge on any atom is -0.507 e. The zero-order valence-corrected chi connectivity index (χ0v) is 13.1. The van der Waals surface area contributed by atoms with Crippen molar-refractivity contribution in [3.05, 3.63) is 56.9 Å². The molecular formula is C14H12BrNO3S. The average Bonchev–Trinajstić information content (AvgIpc) is 2.50. The van der Waals surface area contributed by atoms with E-state index in [1.807, 2.05) is 6.08 Å². The summed E-state index contributed by atoms with van der Waals surface area (Å²) in [7, 11) is -2.17. The predicted molar refractivity (Wildman–Crippen MR) is 83.0 cm³/mol. The van der Waals surface area contributed by atoms with E-state index in [-0.39, 0.29) is 10.7 Å². The van der Waals surface area contributed by atoms with Crippen molar-refractivity contribution in [2.45, 2.75) is 6.42 Å². The quantitative estimate of drug-likeness (QED) is 0.778. The Labute approximate surface area is 125 Å². The smallest absolute Gasteiger partial charge is 0.264 e. The van der Waals surface area contributed by atoms with Crippen LogP contribution in [0.5, 0.6) is 0 Å². The molecule has 0 saturated heterocycles. The van der Waals surface area contributed by atoms with Gasteiger partial charge in [0.2, 0.25) is 0 Å². The number of anilines is 1. The van der Waals surface area contributed by atoms with Gasteiger partial charge in [0.15, 0.2) is 0 Å². The van der Waals surface area contributed by atoms with E-state index in [0.717, 1.165) is 0 Å². The third-order valence-corrected chi connectivity index (χ3v) is 5.88. The Balaban J connectivity index is 2.40. The van der Waals surface area contributed by atoms with Crippen LogP contribution >= 0.6 is 15.9 Å². The Hall–Kier alpha value is -1.53. The second-order valence-electron chi connectivity index (χ2n) is 4.62. The number of aliphatic hydroxyl groups is 1. The van der Waals surface area contributed by atoms with Crippen molar-refractivity contribution >= 4 is 37.4 Å². The molecule has 1 aliphatic carbocycles. The van der Waals surface area contributed by atoms with E-state index in [1.165, 1.54) is 17.4 Å². The minimum atomic E-state index is -3.67. The molecule has 1 heterocycles. The Morgan fingerprint density at radius 1 is 1.30 bits per heavy atom. The highest BCUT2D eigenvalue weighted by Crippen LogP contribution is 2.42. The van der Waals surface area contributed by atoms with Crippen molar-refractivity contribution in [3.63, 3.8) is 0 Å². The summed E-state index contributed by atoms with van der Waals surface area (Å²) in [6.45, 7) is 0. The van der Waals surface area contributed by atoms with Gasteiger partial charge in [0.1, 0.15) is 5.76 Å². The number of benzene rings is 1. The number of aliphatic hydroxyl groups excluding tert-OH is 1. The van der Waals surface area contributed by atoms with Gasteiger partial charge in [-0.2, -0.15) is 0 Å². The molecule has 1 aliphatic heterocycles. The van der Waals surface area contributed by atoms with E-state index in [0.29, 0.717) is 27.7 Å². The van der Waals surface area contributed by atoms with Crippen molar-refractivity contribution in [2.75, 3.05) is 11.4 Å². The first-order valence-corrected chi connectivity index (χ1v) is 8.24. The fourth-order valence-electron chi connectivity index (χ4n) is 2.40. The molecule has 0 atom stereocenters. The van der Waals surface area contributed by atoms with Gasteiger partial charge in [0, 0.05) is 22.7 Å². The molecule has 0 saturated carbocycles. The first-order valence-electron chi connectivity index (χ1n) is 6.01. The van der Waals surface area contributed by atoms with Crippen LogP contribution in [0.4, 0.5) is 5.69 Å². The zero-order valence-electron chi connectivity index (χ0n) is 10.7. The summed E-state index contributed by atoms with van der Waals surface area (Å²) in [5, 5.41) is 10.5. The van der Waals surface area contributed by atoms with Crippen LogP contribution in [0.25, 0.3) is 5.76 Å². The lowest BCUT2D eigenvalue weighted by atomic mass is 10.0. The number of nitrogens with zero attached hydrogens (tertiary/aromatic N) is 1. The first kappa shape index (κ1) is 13.5. The van der Waals surface area contributed by atoms with Gasteiger partial charge in [-0.3, -0.25) is 4.31 Å². The Bertz CT molecular complexity index is 790. The van der Waals surface area contributed by atoms with Gasteiger partial charge >= 0.3 is 0 Å². The summed E-state index contributed by atoms with van der Waals surface area (Å²) in [5.74, 6) is 0.0241. The summed E-state index contributed by atoms with van der Waals surface area (Å²) < 4.78 is 27.3. The van der Waals surface area contributed by atoms with Crippen LogP contribution in [0, 0.1) is 0 Å². The van der Waals surface area contributed by atoms with Gasteiger partial charge in [-0.1, -0.05) is 34.1 Å². The molecule has 0 bridgehead atoms. The molecule has 0 spiro atoms. The van der Waals surface area contributed by atoms with Crippen molar-refractivity contribution < 1.29 is 13.5 Å². The molecule has 104 valence electrons. The van der Waals surface area contributed by atoms with Gasteiger partial charge in [0.05, 0.1) is 10.6 Å². The molecule has 6 heteroatoms. The third-order valence-electron chi connectivity index (χ3n) is 3.49. The van der Waals surface area contributed by atoms with Gasteiger partial charge in [-0.05, 0) is 24.6 Å². The van der Waals surface area contributed by atoms with Crippen LogP contribution in [0.1, 0.15) is 12.0 Å². The molecule has 0 radical (unpaired) electrons. The van der Waals surface area contributed by atoms with Gasteiger partial charge in [0.25, 0.3) is 10.0 Å². The molecule has 0 fully saturated rings. The van der Waals surface area contributed by atoms with Crippen molar-refractivity contribution in [1.82, 2.24) is 0 Å². The number of halogens is 1. The molecule has 0 amide bonds. The second-order valence-corrected chi connectivity index (χ2v) is 7.47. The maximum atomic E-state index is 12.7. The number of rotatable bonds is 0. The second kappa shape index (κ2) is 4.49. The molecule has 0 unspecified atom stereocenters. The van der Waals surface area contributed by atoms with E-state index in [4.69, 9.17) is 0 Å².